The summed E-state index contributed by atoms with van der Waals surface area (Å²) in [5.41, 5.74) is 2.04. The molecule has 4 nitrogen and oxygen atoms in total. The highest BCUT2D eigenvalue weighted by molar-refractivity contribution is 5.65. The molecule has 1 N–H and O–H groups in total. The number of ether oxygens (including phenoxy) is 1. The molecule has 0 aliphatic carbocycles. The Hall–Kier alpha value is -0.770. The number of hydrogen-bond acceptors (Lipinski definition) is 3. The molecular formula is C11H23NO3. The lowest BCUT2D eigenvalue weighted by Crippen LogP contribution is -2.38. The monoisotopic (exact) mass is 217 g/mol. The maximum absolute atomic E-state index is 11.0. The van der Waals surface area contributed by atoms with Crippen LogP contribution >= 0.6 is 0 Å². The van der Waals surface area contributed by atoms with Gasteiger partial charge in [0.2, 0.25) is 0 Å². The Labute approximate surface area is 92.3 Å². The van der Waals surface area contributed by atoms with Crippen LogP contribution in [0.4, 0.5) is 4.79 Å². The quantitative estimate of drug-likeness (QED) is 0.736. The Morgan fingerprint density at radius 1 is 1.20 bits per heavy atom. The largest absolute Gasteiger partial charge is 0.448 e. The maximum Gasteiger partial charge on any atom is 0.431 e. The fourth-order valence-electron chi connectivity index (χ4n) is 1.65. The van der Waals surface area contributed by atoms with Crippen LogP contribution in [-0.2, 0) is 9.57 Å². The van der Waals surface area contributed by atoms with Gasteiger partial charge in [-0.2, -0.15) is 5.48 Å². The third kappa shape index (κ3) is 8.24. The second-order valence-corrected chi connectivity index (χ2v) is 5.42. The number of amides is 1. The Morgan fingerprint density at radius 3 is 2.13 bits per heavy atom. The van der Waals surface area contributed by atoms with Gasteiger partial charge >= 0.3 is 6.09 Å². The van der Waals surface area contributed by atoms with Crippen molar-refractivity contribution in [2.75, 3.05) is 6.61 Å². The molecule has 0 aromatic rings. The molecule has 0 bridgehead atoms. The van der Waals surface area contributed by atoms with E-state index in [1.165, 1.54) is 0 Å². The lowest BCUT2D eigenvalue weighted by Gasteiger charge is -2.31. The number of hydrogen-bond donors (Lipinski definition) is 1. The van der Waals surface area contributed by atoms with Gasteiger partial charge in [0.15, 0.2) is 0 Å². The fraction of sp³-hybridized carbons (Fsp3) is 0.909. The van der Waals surface area contributed by atoms with E-state index in [0.29, 0.717) is 6.61 Å². The second-order valence-electron chi connectivity index (χ2n) is 5.42. The number of carbonyl (C=O) groups excluding carboxylic acids is 1. The van der Waals surface area contributed by atoms with Crippen LogP contribution in [0.3, 0.4) is 0 Å². The highest BCUT2D eigenvalue weighted by atomic mass is 16.7. The summed E-state index contributed by atoms with van der Waals surface area (Å²) in [6.07, 6.45) is 0.298. The second kappa shape index (κ2) is 5.35. The van der Waals surface area contributed by atoms with E-state index in [4.69, 9.17) is 9.57 Å². The standard InChI is InChI=1S/C11H23NO3/c1-7-14-9(13)12-15-11(5,6)8-10(2,3)4/h7-8H2,1-6H3,(H,12,13). The fourth-order valence-corrected chi connectivity index (χ4v) is 1.65. The van der Waals surface area contributed by atoms with E-state index in [0.717, 1.165) is 6.42 Å². The van der Waals surface area contributed by atoms with E-state index in [9.17, 15) is 4.79 Å². The molecule has 0 rings (SSSR count). The Balaban J connectivity index is 3.99. The number of nitrogens with one attached hydrogen (secondary N) is 1. The van der Waals surface area contributed by atoms with E-state index in [2.05, 4.69) is 26.3 Å². The van der Waals surface area contributed by atoms with E-state index in [-0.39, 0.29) is 5.41 Å². The normalized spacial score (nSPS) is 12.4. The number of carbonyl (C=O) groups is 1. The van der Waals surface area contributed by atoms with Crippen LogP contribution in [0.15, 0.2) is 0 Å². The molecule has 0 aliphatic rings. The summed E-state index contributed by atoms with van der Waals surface area (Å²) in [5.74, 6) is 0. The summed E-state index contributed by atoms with van der Waals surface area (Å²) in [5, 5.41) is 0. The Morgan fingerprint density at radius 2 is 1.73 bits per heavy atom. The predicted octanol–water partition coefficient (Wildman–Crippen LogP) is 2.88. The summed E-state index contributed by atoms with van der Waals surface area (Å²) in [6.45, 7) is 12.3. The topological polar surface area (TPSA) is 47.6 Å². The van der Waals surface area contributed by atoms with E-state index < -0.39 is 11.7 Å². The molecule has 0 atom stereocenters. The van der Waals surface area contributed by atoms with Crippen molar-refractivity contribution < 1.29 is 14.4 Å². The minimum absolute atomic E-state index is 0.153. The first-order chi connectivity index (χ1) is 6.66. The summed E-state index contributed by atoms with van der Waals surface area (Å²) >= 11 is 0. The van der Waals surface area contributed by atoms with Crippen LogP contribution in [0, 0.1) is 5.41 Å². The van der Waals surface area contributed by atoms with Crippen LogP contribution < -0.4 is 5.48 Å². The van der Waals surface area contributed by atoms with Gasteiger partial charge in [-0.1, -0.05) is 20.8 Å². The molecular weight excluding hydrogens is 194 g/mol. The zero-order chi connectivity index (χ0) is 12.1. The van der Waals surface area contributed by atoms with E-state index in [1.54, 1.807) is 6.92 Å². The van der Waals surface area contributed by atoms with E-state index >= 15 is 0 Å². The van der Waals surface area contributed by atoms with Crippen molar-refractivity contribution in [3.8, 4) is 0 Å². The molecule has 0 heterocycles. The predicted molar refractivity (Wildman–Crippen MR) is 59.4 cm³/mol. The van der Waals surface area contributed by atoms with Gasteiger partial charge in [0.25, 0.3) is 0 Å². The highest BCUT2D eigenvalue weighted by Crippen LogP contribution is 2.28. The van der Waals surface area contributed by atoms with Gasteiger partial charge in [0.1, 0.15) is 0 Å². The Kier molecular flexibility index (Phi) is 5.08. The Bertz CT molecular complexity index is 206. The van der Waals surface area contributed by atoms with Crippen molar-refractivity contribution in [2.45, 2.75) is 53.6 Å². The molecule has 0 aliphatic heterocycles. The first-order valence-corrected chi connectivity index (χ1v) is 5.27. The van der Waals surface area contributed by atoms with Crippen LogP contribution in [-0.4, -0.2) is 18.3 Å². The molecule has 0 saturated heterocycles. The molecule has 0 unspecified atom stereocenters. The first-order valence-electron chi connectivity index (χ1n) is 5.27. The van der Waals surface area contributed by atoms with Gasteiger partial charge in [0, 0.05) is 0 Å². The molecule has 0 aromatic carbocycles. The first kappa shape index (κ1) is 14.2. The SMILES string of the molecule is CCOC(=O)NOC(C)(C)CC(C)(C)C. The van der Waals surface area contributed by atoms with Gasteiger partial charge in [-0.15, -0.1) is 0 Å². The average Bonchev–Trinajstić information content (AvgIpc) is 1.97. The van der Waals surface area contributed by atoms with Crippen molar-refractivity contribution in [3.63, 3.8) is 0 Å². The minimum Gasteiger partial charge on any atom is -0.448 e. The van der Waals surface area contributed by atoms with Crippen molar-refractivity contribution in [1.29, 1.82) is 0 Å². The van der Waals surface area contributed by atoms with Crippen molar-refractivity contribution in [1.82, 2.24) is 5.48 Å². The maximum atomic E-state index is 11.0. The molecule has 90 valence electrons. The number of hydroxylamine groups is 1. The van der Waals surface area contributed by atoms with Crippen molar-refractivity contribution >= 4 is 6.09 Å². The lowest BCUT2D eigenvalue weighted by atomic mass is 9.84. The van der Waals surface area contributed by atoms with E-state index in [1.807, 2.05) is 13.8 Å². The molecule has 0 radical (unpaired) electrons. The smallest absolute Gasteiger partial charge is 0.431 e. The summed E-state index contributed by atoms with van der Waals surface area (Å²) in [7, 11) is 0. The van der Waals surface area contributed by atoms with Crippen molar-refractivity contribution in [3.05, 3.63) is 0 Å². The molecule has 0 fully saturated rings. The summed E-state index contributed by atoms with van der Waals surface area (Å²) in [4.78, 5) is 16.3. The third-order valence-corrected chi connectivity index (χ3v) is 1.64. The van der Waals surface area contributed by atoms with Crippen LogP contribution in [0.25, 0.3) is 0 Å². The van der Waals surface area contributed by atoms with Gasteiger partial charge in [-0.25, -0.2) is 4.79 Å². The average molecular weight is 217 g/mol. The zero-order valence-corrected chi connectivity index (χ0v) is 10.6. The molecule has 1 amide bonds. The summed E-state index contributed by atoms with van der Waals surface area (Å²) < 4.78 is 4.69. The summed E-state index contributed by atoms with van der Waals surface area (Å²) in [6, 6.07) is 0. The van der Waals surface area contributed by atoms with Crippen LogP contribution in [0.5, 0.6) is 0 Å². The molecule has 0 spiro atoms. The molecule has 0 aromatic heterocycles. The van der Waals surface area contributed by atoms with Crippen molar-refractivity contribution in [2.24, 2.45) is 5.41 Å². The molecule has 0 saturated carbocycles. The number of rotatable bonds is 4. The molecule has 4 heteroatoms. The zero-order valence-electron chi connectivity index (χ0n) is 10.6. The van der Waals surface area contributed by atoms with Gasteiger partial charge < -0.3 is 4.74 Å². The third-order valence-electron chi connectivity index (χ3n) is 1.64. The van der Waals surface area contributed by atoms with Gasteiger partial charge in [-0.05, 0) is 32.6 Å². The lowest BCUT2D eigenvalue weighted by molar-refractivity contribution is -0.0946. The highest BCUT2D eigenvalue weighted by Gasteiger charge is 2.27. The minimum atomic E-state index is -0.542. The van der Waals surface area contributed by atoms with Gasteiger partial charge in [0.05, 0.1) is 12.2 Å². The van der Waals surface area contributed by atoms with Crippen LogP contribution in [0.1, 0.15) is 48.0 Å². The van der Waals surface area contributed by atoms with Crippen LogP contribution in [0.2, 0.25) is 0 Å². The molecule has 15 heavy (non-hydrogen) atoms. The van der Waals surface area contributed by atoms with Gasteiger partial charge in [-0.3, -0.25) is 4.84 Å².